The van der Waals surface area contributed by atoms with E-state index in [0.29, 0.717) is 5.76 Å². The van der Waals surface area contributed by atoms with E-state index in [2.05, 4.69) is 0 Å². The van der Waals surface area contributed by atoms with Crippen LogP contribution in [-0.4, -0.2) is 5.78 Å². The Labute approximate surface area is 86.2 Å². The van der Waals surface area contributed by atoms with Crippen molar-refractivity contribution in [1.29, 1.82) is 0 Å². The summed E-state index contributed by atoms with van der Waals surface area (Å²) in [7, 11) is 0. The third-order valence-corrected chi connectivity index (χ3v) is 3.03. The quantitative estimate of drug-likeness (QED) is 0.722. The molecule has 14 heavy (non-hydrogen) atoms. The summed E-state index contributed by atoms with van der Waals surface area (Å²) in [5.41, 5.74) is 1.09. The van der Waals surface area contributed by atoms with Crippen molar-refractivity contribution in [2.45, 2.75) is 13.3 Å². The minimum atomic E-state index is -0.0122. The minimum absolute atomic E-state index is 0.0122. The molecule has 0 saturated carbocycles. The van der Waals surface area contributed by atoms with Gasteiger partial charge in [-0.1, -0.05) is 6.92 Å². The molecule has 0 bridgehead atoms. The van der Waals surface area contributed by atoms with Gasteiger partial charge in [0.25, 0.3) is 0 Å². The smallest absolute Gasteiger partial charge is 0.238 e. The molecule has 0 amide bonds. The van der Waals surface area contributed by atoms with Gasteiger partial charge in [0.1, 0.15) is 0 Å². The van der Waals surface area contributed by atoms with E-state index in [1.807, 2.05) is 18.4 Å². The molecule has 2 heterocycles. The van der Waals surface area contributed by atoms with Gasteiger partial charge in [-0.25, -0.2) is 0 Å². The van der Waals surface area contributed by atoms with E-state index in [1.54, 1.807) is 12.1 Å². The Balaban J connectivity index is 2.36. The highest BCUT2D eigenvalue weighted by atomic mass is 32.1. The number of aryl methyl sites for hydroxylation is 1. The molecule has 0 saturated heterocycles. The van der Waals surface area contributed by atoms with Gasteiger partial charge < -0.3 is 4.42 Å². The van der Waals surface area contributed by atoms with Crippen LogP contribution in [0.1, 0.15) is 27.9 Å². The van der Waals surface area contributed by atoms with Crippen molar-refractivity contribution in [1.82, 2.24) is 0 Å². The van der Waals surface area contributed by atoms with Crippen molar-refractivity contribution < 1.29 is 9.21 Å². The summed E-state index contributed by atoms with van der Waals surface area (Å²) in [5, 5.41) is 1.94. The average Bonchev–Trinajstić information content (AvgIpc) is 2.87. The largest absolute Gasteiger partial charge is 0.461 e. The maximum absolute atomic E-state index is 11.9. The van der Waals surface area contributed by atoms with Gasteiger partial charge in [0, 0.05) is 0 Å². The zero-order valence-corrected chi connectivity index (χ0v) is 8.64. The molecular weight excluding hydrogens is 196 g/mol. The Kier molecular flexibility index (Phi) is 2.50. The SMILES string of the molecule is CCc1ccsc1C(=O)c1ccco1. The second-order valence-corrected chi connectivity index (χ2v) is 3.85. The fraction of sp³-hybridized carbons (Fsp3) is 0.182. The van der Waals surface area contributed by atoms with E-state index in [9.17, 15) is 4.79 Å². The van der Waals surface area contributed by atoms with Gasteiger partial charge in [-0.15, -0.1) is 11.3 Å². The molecule has 0 aromatic carbocycles. The second-order valence-electron chi connectivity index (χ2n) is 2.93. The number of hydrogen-bond donors (Lipinski definition) is 0. The highest BCUT2D eigenvalue weighted by Gasteiger charge is 2.16. The molecule has 0 aliphatic rings. The number of thiophene rings is 1. The van der Waals surface area contributed by atoms with Crippen molar-refractivity contribution in [3.63, 3.8) is 0 Å². The first-order chi connectivity index (χ1) is 6.83. The summed E-state index contributed by atoms with van der Waals surface area (Å²) in [4.78, 5) is 12.7. The summed E-state index contributed by atoms with van der Waals surface area (Å²) in [6, 6.07) is 5.41. The number of carbonyl (C=O) groups is 1. The minimum Gasteiger partial charge on any atom is -0.461 e. The van der Waals surface area contributed by atoms with Gasteiger partial charge in [-0.2, -0.15) is 0 Å². The standard InChI is InChI=1S/C11H10O2S/c1-2-8-5-7-14-11(8)10(12)9-4-3-6-13-9/h3-7H,2H2,1H3. The van der Waals surface area contributed by atoms with Gasteiger partial charge >= 0.3 is 0 Å². The second kappa shape index (κ2) is 3.80. The summed E-state index contributed by atoms with van der Waals surface area (Å²) < 4.78 is 5.08. The van der Waals surface area contributed by atoms with Gasteiger partial charge in [0.15, 0.2) is 5.76 Å². The molecule has 2 aromatic rings. The molecular formula is C11H10O2S. The molecule has 0 aliphatic carbocycles. The van der Waals surface area contributed by atoms with Crippen LogP contribution in [-0.2, 0) is 6.42 Å². The van der Waals surface area contributed by atoms with Crippen LogP contribution < -0.4 is 0 Å². The van der Waals surface area contributed by atoms with Gasteiger partial charge in [-0.05, 0) is 35.6 Å². The Morgan fingerprint density at radius 3 is 3.00 bits per heavy atom. The fourth-order valence-corrected chi connectivity index (χ4v) is 2.27. The van der Waals surface area contributed by atoms with Crippen LogP contribution in [0.15, 0.2) is 34.3 Å². The molecule has 0 fully saturated rings. The fourth-order valence-electron chi connectivity index (χ4n) is 1.33. The molecule has 2 nitrogen and oxygen atoms in total. The lowest BCUT2D eigenvalue weighted by Gasteiger charge is -1.96. The van der Waals surface area contributed by atoms with Crippen LogP contribution in [0.25, 0.3) is 0 Å². The zero-order chi connectivity index (χ0) is 9.97. The van der Waals surface area contributed by atoms with E-state index in [4.69, 9.17) is 4.42 Å². The molecule has 0 aliphatic heterocycles. The molecule has 0 unspecified atom stereocenters. The Morgan fingerprint density at radius 2 is 2.36 bits per heavy atom. The zero-order valence-electron chi connectivity index (χ0n) is 7.82. The first-order valence-electron chi connectivity index (χ1n) is 4.47. The summed E-state index contributed by atoms with van der Waals surface area (Å²) in [5.74, 6) is 0.406. The Hall–Kier alpha value is -1.35. The molecule has 0 atom stereocenters. The first kappa shape index (κ1) is 9.21. The highest BCUT2D eigenvalue weighted by Crippen LogP contribution is 2.21. The molecule has 0 N–H and O–H groups in total. The average molecular weight is 206 g/mol. The third-order valence-electron chi connectivity index (χ3n) is 2.08. The number of furan rings is 1. The monoisotopic (exact) mass is 206 g/mol. The van der Waals surface area contributed by atoms with Gasteiger partial charge in [0.05, 0.1) is 11.1 Å². The van der Waals surface area contributed by atoms with E-state index >= 15 is 0 Å². The number of rotatable bonds is 3. The highest BCUT2D eigenvalue weighted by molar-refractivity contribution is 7.12. The van der Waals surface area contributed by atoms with Crippen molar-refractivity contribution in [2.75, 3.05) is 0 Å². The van der Waals surface area contributed by atoms with Crippen LogP contribution in [0.5, 0.6) is 0 Å². The molecule has 0 radical (unpaired) electrons. The number of ketones is 1. The predicted octanol–water partition coefficient (Wildman–Crippen LogP) is 3.13. The predicted molar refractivity (Wildman–Crippen MR) is 55.8 cm³/mol. The van der Waals surface area contributed by atoms with Crippen LogP contribution in [0, 0.1) is 0 Å². The molecule has 2 aromatic heterocycles. The summed E-state index contributed by atoms with van der Waals surface area (Å²) in [6.45, 7) is 2.04. The summed E-state index contributed by atoms with van der Waals surface area (Å²) in [6.07, 6.45) is 2.40. The lowest BCUT2D eigenvalue weighted by molar-refractivity contribution is 0.101. The molecule has 0 spiro atoms. The van der Waals surface area contributed by atoms with Crippen LogP contribution >= 0.6 is 11.3 Å². The van der Waals surface area contributed by atoms with Crippen molar-refractivity contribution in [3.05, 3.63) is 46.0 Å². The van der Waals surface area contributed by atoms with E-state index in [0.717, 1.165) is 16.9 Å². The topological polar surface area (TPSA) is 30.2 Å². The number of carbonyl (C=O) groups excluding carboxylic acids is 1. The van der Waals surface area contributed by atoms with Crippen LogP contribution in [0.3, 0.4) is 0 Å². The van der Waals surface area contributed by atoms with Crippen molar-refractivity contribution >= 4 is 17.1 Å². The van der Waals surface area contributed by atoms with Gasteiger partial charge in [-0.3, -0.25) is 4.79 Å². The van der Waals surface area contributed by atoms with E-state index in [-0.39, 0.29) is 5.78 Å². The lowest BCUT2D eigenvalue weighted by atomic mass is 10.1. The van der Waals surface area contributed by atoms with E-state index < -0.39 is 0 Å². The number of hydrogen-bond acceptors (Lipinski definition) is 3. The van der Waals surface area contributed by atoms with Crippen molar-refractivity contribution in [3.8, 4) is 0 Å². The Bertz CT molecular complexity index is 426. The van der Waals surface area contributed by atoms with Gasteiger partial charge in [0.2, 0.25) is 5.78 Å². The lowest BCUT2D eigenvalue weighted by Crippen LogP contribution is -1.99. The maximum atomic E-state index is 11.9. The summed E-state index contributed by atoms with van der Waals surface area (Å²) >= 11 is 1.47. The maximum Gasteiger partial charge on any atom is 0.238 e. The third kappa shape index (κ3) is 1.51. The molecule has 3 heteroatoms. The van der Waals surface area contributed by atoms with E-state index in [1.165, 1.54) is 17.6 Å². The Morgan fingerprint density at radius 1 is 1.50 bits per heavy atom. The van der Waals surface area contributed by atoms with Crippen molar-refractivity contribution in [2.24, 2.45) is 0 Å². The first-order valence-corrected chi connectivity index (χ1v) is 5.35. The van der Waals surface area contributed by atoms with Crippen LogP contribution in [0.2, 0.25) is 0 Å². The molecule has 72 valence electrons. The molecule has 2 rings (SSSR count). The van der Waals surface area contributed by atoms with Crippen LogP contribution in [0.4, 0.5) is 0 Å². The normalized spacial score (nSPS) is 10.4.